The molecule has 0 rings (SSSR count). The normalized spacial score (nSPS) is 8.50. The van der Waals surface area contributed by atoms with E-state index in [1.165, 1.54) is 0 Å². The number of primary amides is 1. The molecule has 0 saturated heterocycles. The van der Waals surface area contributed by atoms with Crippen molar-refractivity contribution in [3.63, 3.8) is 0 Å². The van der Waals surface area contributed by atoms with Crippen LogP contribution < -0.4 is 11.1 Å². The topological polar surface area (TPSA) is 72.2 Å². The van der Waals surface area contributed by atoms with E-state index in [0.29, 0.717) is 6.42 Å². The average molecular weight is 142 g/mol. The number of rotatable bonds is 3. The maximum Gasteiger partial charge on any atom is 0.264 e. The summed E-state index contributed by atoms with van der Waals surface area (Å²) in [5.41, 5.74) is 4.72. The van der Waals surface area contributed by atoms with Gasteiger partial charge in [0.1, 0.15) is 0 Å². The van der Waals surface area contributed by atoms with Gasteiger partial charge in [-0.3, -0.25) is 9.59 Å². The number of carbonyl (C=O) groups is 2. The second-order valence-electron chi connectivity index (χ2n) is 1.74. The van der Waals surface area contributed by atoms with Gasteiger partial charge in [-0.2, -0.15) is 0 Å². The molecule has 0 unspecified atom stereocenters. The maximum atomic E-state index is 10.5. The van der Waals surface area contributed by atoms with Gasteiger partial charge in [0, 0.05) is 6.42 Å². The lowest BCUT2D eigenvalue weighted by molar-refractivity contribution is -0.122. The monoisotopic (exact) mass is 142 g/mol. The zero-order chi connectivity index (χ0) is 8.15. The summed E-state index contributed by atoms with van der Waals surface area (Å²) in [5.74, 6) is -0.967. The Kier molecular flexibility index (Phi) is 3.17. The van der Waals surface area contributed by atoms with Crippen LogP contribution in [0.15, 0.2) is 12.3 Å². The number of hydrogen-bond acceptors (Lipinski definition) is 2. The first-order chi connectivity index (χ1) is 4.57. The Labute approximate surface area is 59.1 Å². The van der Waals surface area contributed by atoms with Gasteiger partial charge in [0.15, 0.2) is 0 Å². The largest absolute Gasteiger partial charge is 0.364 e. The van der Waals surface area contributed by atoms with Crippen molar-refractivity contribution in [3.05, 3.63) is 12.3 Å². The van der Waals surface area contributed by atoms with Crippen LogP contribution in [-0.2, 0) is 9.59 Å². The van der Waals surface area contributed by atoms with Crippen LogP contribution in [0.3, 0.4) is 0 Å². The highest BCUT2D eigenvalue weighted by atomic mass is 16.2. The van der Waals surface area contributed by atoms with Crippen molar-refractivity contribution < 1.29 is 9.59 Å². The van der Waals surface area contributed by atoms with E-state index < -0.39 is 5.91 Å². The Hall–Kier alpha value is -1.32. The molecule has 0 aromatic carbocycles. The summed E-state index contributed by atoms with van der Waals surface area (Å²) in [5, 5.41) is 2.22. The smallest absolute Gasteiger partial charge is 0.264 e. The van der Waals surface area contributed by atoms with Crippen molar-refractivity contribution in [2.75, 3.05) is 0 Å². The zero-order valence-corrected chi connectivity index (χ0v) is 5.81. The van der Waals surface area contributed by atoms with Gasteiger partial charge in [0.25, 0.3) is 5.91 Å². The molecule has 0 aliphatic rings. The Morgan fingerprint density at radius 3 is 2.40 bits per heavy atom. The molecule has 3 N–H and O–H groups in total. The third-order valence-corrected chi connectivity index (χ3v) is 0.909. The standard InChI is InChI=1S/C6H10N2O2/c1-3-5(9)8-4(2)6(7)10/h2-3H2,1H3,(H2,7,10)(H,8,9). The van der Waals surface area contributed by atoms with Crippen molar-refractivity contribution in [3.8, 4) is 0 Å². The van der Waals surface area contributed by atoms with E-state index in [2.05, 4.69) is 11.9 Å². The fraction of sp³-hybridized carbons (Fsp3) is 0.333. The predicted molar refractivity (Wildman–Crippen MR) is 36.8 cm³/mol. The highest BCUT2D eigenvalue weighted by Gasteiger charge is 2.03. The molecule has 0 spiro atoms. The first kappa shape index (κ1) is 8.68. The van der Waals surface area contributed by atoms with Gasteiger partial charge in [0.05, 0.1) is 5.70 Å². The molecule has 0 aliphatic carbocycles. The van der Waals surface area contributed by atoms with Crippen LogP contribution in [0, 0.1) is 0 Å². The van der Waals surface area contributed by atoms with E-state index in [1.807, 2.05) is 0 Å². The fourth-order valence-electron chi connectivity index (χ4n) is 0.318. The third kappa shape index (κ3) is 2.86. The number of hydrogen-bond donors (Lipinski definition) is 2. The molecular formula is C6H10N2O2. The van der Waals surface area contributed by atoms with E-state index >= 15 is 0 Å². The molecule has 0 radical (unpaired) electrons. The van der Waals surface area contributed by atoms with E-state index in [4.69, 9.17) is 5.73 Å². The molecule has 0 fully saturated rings. The van der Waals surface area contributed by atoms with Crippen molar-refractivity contribution >= 4 is 11.8 Å². The zero-order valence-electron chi connectivity index (χ0n) is 5.81. The average Bonchev–Trinajstić information content (AvgIpc) is 1.87. The third-order valence-electron chi connectivity index (χ3n) is 0.909. The number of nitrogens with two attached hydrogens (primary N) is 1. The summed E-state index contributed by atoms with van der Waals surface area (Å²) in [6.45, 7) is 4.91. The Balaban J connectivity index is 3.80. The Bertz CT molecular complexity index is 175. The van der Waals surface area contributed by atoms with Crippen LogP contribution in [-0.4, -0.2) is 11.8 Å². The van der Waals surface area contributed by atoms with Crippen LogP contribution in [0.2, 0.25) is 0 Å². The van der Waals surface area contributed by atoms with Gasteiger partial charge < -0.3 is 11.1 Å². The Morgan fingerprint density at radius 2 is 2.10 bits per heavy atom. The van der Waals surface area contributed by atoms with Crippen LogP contribution >= 0.6 is 0 Å². The summed E-state index contributed by atoms with van der Waals surface area (Å²) >= 11 is 0. The van der Waals surface area contributed by atoms with Crippen LogP contribution in [0.5, 0.6) is 0 Å². The van der Waals surface area contributed by atoms with Gasteiger partial charge >= 0.3 is 0 Å². The molecule has 0 aromatic heterocycles. The molecule has 0 aliphatic heterocycles. The van der Waals surface area contributed by atoms with Gasteiger partial charge in [-0.05, 0) is 0 Å². The molecule has 0 atom stereocenters. The van der Waals surface area contributed by atoms with Gasteiger partial charge in [-0.25, -0.2) is 0 Å². The van der Waals surface area contributed by atoms with Gasteiger partial charge in [-0.15, -0.1) is 0 Å². The lowest BCUT2D eigenvalue weighted by atomic mass is 10.4. The maximum absolute atomic E-state index is 10.5. The highest BCUT2D eigenvalue weighted by molar-refractivity contribution is 5.95. The molecule has 10 heavy (non-hydrogen) atoms. The molecule has 0 bridgehead atoms. The summed E-state index contributed by atoms with van der Waals surface area (Å²) < 4.78 is 0. The molecule has 0 saturated carbocycles. The summed E-state index contributed by atoms with van der Waals surface area (Å²) in [4.78, 5) is 20.8. The van der Waals surface area contributed by atoms with Crippen molar-refractivity contribution in [1.82, 2.24) is 5.32 Å². The summed E-state index contributed by atoms with van der Waals surface area (Å²) in [6, 6.07) is 0. The highest BCUT2D eigenvalue weighted by Crippen LogP contribution is 1.83. The van der Waals surface area contributed by atoms with E-state index in [9.17, 15) is 9.59 Å². The fourth-order valence-corrected chi connectivity index (χ4v) is 0.318. The Morgan fingerprint density at radius 1 is 1.60 bits per heavy atom. The minimum Gasteiger partial charge on any atom is -0.364 e. The van der Waals surface area contributed by atoms with Crippen LogP contribution in [0.25, 0.3) is 0 Å². The van der Waals surface area contributed by atoms with Crippen molar-refractivity contribution in [2.45, 2.75) is 13.3 Å². The molecule has 2 amide bonds. The second-order valence-corrected chi connectivity index (χ2v) is 1.74. The van der Waals surface area contributed by atoms with Gasteiger partial charge in [-0.1, -0.05) is 13.5 Å². The first-order valence-electron chi connectivity index (χ1n) is 2.86. The quantitative estimate of drug-likeness (QED) is 0.522. The van der Waals surface area contributed by atoms with E-state index in [1.54, 1.807) is 6.92 Å². The second kappa shape index (κ2) is 3.66. The summed E-state index contributed by atoms with van der Waals surface area (Å²) in [7, 11) is 0. The van der Waals surface area contributed by atoms with Crippen molar-refractivity contribution in [2.24, 2.45) is 5.73 Å². The van der Waals surface area contributed by atoms with Gasteiger partial charge in [0.2, 0.25) is 5.91 Å². The van der Waals surface area contributed by atoms with E-state index in [0.717, 1.165) is 0 Å². The van der Waals surface area contributed by atoms with E-state index in [-0.39, 0.29) is 11.6 Å². The summed E-state index contributed by atoms with van der Waals surface area (Å²) in [6.07, 6.45) is 0.312. The van der Waals surface area contributed by atoms with Crippen molar-refractivity contribution in [1.29, 1.82) is 0 Å². The molecule has 4 heteroatoms. The minimum atomic E-state index is -0.707. The molecule has 4 nitrogen and oxygen atoms in total. The molecule has 0 heterocycles. The number of nitrogens with one attached hydrogen (secondary N) is 1. The molecule has 56 valence electrons. The number of carbonyl (C=O) groups excluding carboxylic acids is 2. The SMILES string of the molecule is C=C(NC(=O)CC)C(N)=O. The lowest BCUT2D eigenvalue weighted by Gasteiger charge is -2.00. The van der Waals surface area contributed by atoms with Crippen LogP contribution in [0.4, 0.5) is 0 Å². The molecular weight excluding hydrogens is 132 g/mol. The van der Waals surface area contributed by atoms with Crippen LogP contribution in [0.1, 0.15) is 13.3 Å². The minimum absolute atomic E-state index is 0.0631. The first-order valence-corrected chi connectivity index (χ1v) is 2.86. The molecule has 0 aromatic rings. The lowest BCUT2D eigenvalue weighted by Crippen LogP contribution is -2.29. The number of amides is 2. The predicted octanol–water partition coefficient (Wildman–Crippen LogP) is -0.488.